The van der Waals surface area contributed by atoms with Crippen LogP contribution in [-0.4, -0.2) is 20.2 Å². The summed E-state index contributed by atoms with van der Waals surface area (Å²) in [4.78, 5) is 12.1. The van der Waals surface area contributed by atoms with Gasteiger partial charge in [-0.1, -0.05) is 48.0 Å². The molecule has 0 saturated heterocycles. The maximum Gasteiger partial charge on any atom is 0.192 e. The Hall–Kier alpha value is -0.153. The standard InChI is InChI=1S/C16H34O2Si/c1-7-12-15(17)14(6)16(13-8-2)18-19(9-3,10-4)11-5/h14,16H,7-13H2,1-6H3/t14-,16+/m1/s1. The molecular weight excluding hydrogens is 252 g/mol. The van der Waals surface area contributed by atoms with Gasteiger partial charge in [0.25, 0.3) is 0 Å². The minimum Gasteiger partial charge on any atom is -0.413 e. The molecule has 19 heavy (non-hydrogen) atoms. The predicted molar refractivity (Wildman–Crippen MR) is 86.1 cm³/mol. The van der Waals surface area contributed by atoms with Gasteiger partial charge in [-0.3, -0.25) is 4.79 Å². The summed E-state index contributed by atoms with van der Waals surface area (Å²) in [6, 6.07) is 3.48. The van der Waals surface area contributed by atoms with Crippen molar-refractivity contribution in [1.29, 1.82) is 0 Å². The summed E-state index contributed by atoms with van der Waals surface area (Å²) in [6.45, 7) is 13.1. The van der Waals surface area contributed by atoms with Crippen molar-refractivity contribution in [2.24, 2.45) is 5.92 Å². The van der Waals surface area contributed by atoms with E-state index in [1.165, 1.54) is 0 Å². The topological polar surface area (TPSA) is 26.3 Å². The van der Waals surface area contributed by atoms with Gasteiger partial charge in [0.2, 0.25) is 0 Å². The fraction of sp³-hybridized carbons (Fsp3) is 0.938. The second kappa shape index (κ2) is 9.70. The molecule has 0 aliphatic carbocycles. The molecular formula is C16H34O2Si. The van der Waals surface area contributed by atoms with Crippen LogP contribution in [0.3, 0.4) is 0 Å². The molecule has 0 rings (SSSR count). The first-order valence-electron chi connectivity index (χ1n) is 8.20. The zero-order valence-electron chi connectivity index (χ0n) is 13.9. The predicted octanol–water partition coefficient (Wildman–Crippen LogP) is 5.18. The minimum atomic E-state index is -1.60. The number of hydrogen-bond donors (Lipinski definition) is 0. The highest BCUT2D eigenvalue weighted by Crippen LogP contribution is 2.28. The van der Waals surface area contributed by atoms with Crippen LogP contribution in [0.15, 0.2) is 0 Å². The largest absolute Gasteiger partial charge is 0.413 e. The zero-order valence-corrected chi connectivity index (χ0v) is 14.9. The molecule has 3 heteroatoms. The van der Waals surface area contributed by atoms with Gasteiger partial charge >= 0.3 is 0 Å². The monoisotopic (exact) mass is 286 g/mol. The second-order valence-electron chi connectivity index (χ2n) is 5.69. The van der Waals surface area contributed by atoms with Crippen molar-refractivity contribution in [2.75, 3.05) is 0 Å². The second-order valence-corrected chi connectivity index (χ2v) is 10.4. The van der Waals surface area contributed by atoms with Crippen molar-refractivity contribution in [1.82, 2.24) is 0 Å². The van der Waals surface area contributed by atoms with E-state index in [1.807, 2.05) is 0 Å². The summed E-state index contributed by atoms with van der Waals surface area (Å²) in [5, 5.41) is 0. The Morgan fingerprint density at radius 2 is 1.53 bits per heavy atom. The number of rotatable bonds is 11. The summed E-state index contributed by atoms with van der Waals surface area (Å²) in [7, 11) is -1.60. The molecule has 0 fully saturated rings. The highest BCUT2D eigenvalue weighted by atomic mass is 28.4. The Balaban J connectivity index is 4.84. The molecule has 0 radical (unpaired) electrons. The maximum atomic E-state index is 12.1. The quantitative estimate of drug-likeness (QED) is 0.489. The lowest BCUT2D eigenvalue weighted by Gasteiger charge is -2.35. The van der Waals surface area contributed by atoms with Crippen LogP contribution in [0, 0.1) is 5.92 Å². The Bertz CT molecular complexity index is 241. The molecule has 0 unspecified atom stereocenters. The summed E-state index contributed by atoms with van der Waals surface area (Å²) >= 11 is 0. The third kappa shape index (κ3) is 5.78. The van der Waals surface area contributed by atoms with E-state index >= 15 is 0 Å². The lowest BCUT2D eigenvalue weighted by molar-refractivity contribution is -0.125. The molecule has 2 nitrogen and oxygen atoms in total. The van der Waals surface area contributed by atoms with Gasteiger partial charge in [0.15, 0.2) is 8.32 Å². The molecule has 2 atom stereocenters. The van der Waals surface area contributed by atoms with Gasteiger partial charge in [-0.2, -0.15) is 0 Å². The molecule has 0 heterocycles. The van der Waals surface area contributed by atoms with Crippen LogP contribution < -0.4 is 0 Å². The van der Waals surface area contributed by atoms with Gasteiger partial charge in [-0.25, -0.2) is 0 Å². The molecule has 0 saturated carbocycles. The van der Waals surface area contributed by atoms with Gasteiger partial charge < -0.3 is 4.43 Å². The number of ketones is 1. The summed E-state index contributed by atoms with van der Waals surface area (Å²) in [5.74, 6) is 0.448. The van der Waals surface area contributed by atoms with E-state index < -0.39 is 8.32 Å². The van der Waals surface area contributed by atoms with E-state index in [2.05, 4.69) is 41.5 Å². The summed E-state index contributed by atoms with van der Waals surface area (Å²) in [5.41, 5.74) is 0. The van der Waals surface area contributed by atoms with Crippen LogP contribution in [-0.2, 0) is 9.22 Å². The van der Waals surface area contributed by atoms with Crippen LogP contribution in [0.1, 0.15) is 67.2 Å². The zero-order chi connectivity index (χ0) is 14.9. The van der Waals surface area contributed by atoms with Crippen LogP contribution >= 0.6 is 0 Å². The molecule has 0 amide bonds. The van der Waals surface area contributed by atoms with Crippen molar-refractivity contribution in [2.45, 2.75) is 91.5 Å². The van der Waals surface area contributed by atoms with Gasteiger partial charge in [0, 0.05) is 12.3 Å². The van der Waals surface area contributed by atoms with E-state index in [0.717, 1.165) is 37.4 Å². The summed E-state index contributed by atoms with van der Waals surface area (Å²) < 4.78 is 6.57. The molecule has 0 aromatic rings. The van der Waals surface area contributed by atoms with E-state index in [0.29, 0.717) is 12.2 Å². The van der Waals surface area contributed by atoms with Crippen molar-refractivity contribution >= 4 is 14.1 Å². The molecule has 0 aromatic carbocycles. The Kier molecular flexibility index (Phi) is 9.63. The lowest BCUT2D eigenvalue weighted by atomic mass is 9.94. The number of carbonyl (C=O) groups excluding carboxylic acids is 1. The summed E-state index contributed by atoms with van der Waals surface area (Å²) in [6.07, 6.45) is 3.90. The van der Waals surface area contributed by atoms with Gasteiger partial charge in [-0.05, 0) is 31.0 Å². The third-order valence-electron chi connectivity index (χ3n) is 4.47. The average Bonchev–Trinajstić information content (AvgIpc) is 2.43. The Morgan fingerprint density at radius 3 is 1.89 bits per heavy atom. The van der Waals surface area contributed by atoms with Gasteiger partial charge in [-0.15, -0.1) is 0 Å². The fourth-order valence-corrected chi connectivity index (χ4v) is 5.66. The first-order valence-corrected chi connectivity index (χ1v) is 10.7. The van der Waals surface area contributed by atoms with E-state index in [4.69, 9.17) is 4.43 Å². The Morgan fingerprint density at radius 1 is 1.00 bits per heavy atom. The molecule has 0 N–H and O–H groups in total. The SMILES string of the molecule is CCCC(=O)[C@@H](C)[C@H](CCC)O[Si](CC)(CC)CC. The van der Waals surface area contributed by atoms with Gasteiger partial charge in [0.05, 0.1) is 6.10 Å². The molecule has 0 aliphatic heterocycles. The number of Topliss-reactive ketones (excluding diaryl/α,β-unsaturated/α-hetero) is 1. The molecule has 114 valence electrons. The number of hydrogen-bond acceptors (Lipinski definition) is 2. The third-order valence-corrected chi connectivity index (χ3v) is 9.14. The van der Waals surface area contributed by atoms with Crippen LogP contribution in [0.5, 0.6) is 0 Å². The molecule has 0 aliphatic rings. The van der Waals surface area contributed by atoms with Crippen LogP contribution in [0.2, 0.25) is 18.1 Å². The normalized spacial score (nSPS) is 15.3. The van der Waals surface area contributed by atoms with Gasteiger partial charge in [0.1, 0.15) is 5.78 Å². The van der Waals surface area contributed by atoms with E-state index in [-0.39, 0.29) is 12.0 Å². The van der Waals surface area contributed by atoms with E-state index in [1.54, 1.807) is 0 Å². The smallest absolute Gasteiger partial charge is 0.192 e. The first kappa shape index (κ1) is 18.8. The lowest BCUT2D eigenvalue weighted by Crippen LogP contribution is -2.43. The fourth-order valence-electron chi connectivity index (χ4n) is 2.70. The van der Waals surface area contributed by atoms with Crippen molar-refractivity contribution in [3.8, 4) is 0 Å². The minimum absolute atomic E-state index is 0.0661. The van der Waals surface area contributed by atoms with Crippen LogP contribution in [0.4, 0.5) is 0 Å². The number of carbonyl (C=O) groups is 1. The highest BCUT2D eigenvalue weighted by Gasteiger charge is 2.35. The molecule has 0 aromatic heterocycles. The first-order chi connectivity index (χ1) is 9.00. The maximum absolute atomic E-state index is 12.1. The molecule has 0 spiro atoms. The van der Waals surface area contributed by atoms with Crippen LogP contribution in [0.25, 0.3) is 0 Å². The van der Waals surface area contributed by atoms with E-state index in [9.17, 15) is 4.79 Å². The molecule has 0 bridgehead atoms. The van der Waals surface area contributed by atoms with Crippen molar-refractivity contribution in [3.63, 3.8) is 0 Å². The highest BCUT2D eigenvalue weighted by molar-refractivity contribution is 6.73. The van der Waals surface area contributed by atoms with Crippen molar-refractivity contribution < 1.29 is 9.22 Å². The average molecular weight is 287 g/mol. The Labute approximate surface area is 121 Å². The van der Waals surface area contributed by atoms with Crippen molar-refractivity contribution in [3.05, 3.63) is 0 Å².